The Balaban J connectivity index is 2.83. The Kier molecular flexibility index (Phi) is 7.54. The van der Waals surface area contributed by atoms with Gasteiger partial charge in [-0.25, -0.2) is 4.79 Å². The fourth-order valence-electron chi connectivity index (χ4n) is 2.24. The van der Waals surface area contributed by atoms with Crippen LogP contribution in [-0.4, -0.2) is 40.5 Å². The van der Waals surface area contributed by atoms with Gasteiger partial charge in [-0.2, -0.15) is 0 Å². The Hall–Kier alpha value is -2.44. The van der Waals surface area contributed by atoms with Gasteiger partial charge in [0.1, 0.15) is 5.60 Å². The molecule has 7 nitrogen and oxygen atoms in total. The molecule has 3 N–H and O–H groups in total. The number of hydrogen-bond donors (Lipinski definition) is 3. The second-order valence-corrected chi connectivity index (χ2v) is 6.71. The number of alkyl carbamates (subject to hydrolysis) is 1. The van der Waals surface area contributed by atoms with Crippen LogP contribution in [0.25, 0.3) is 0 Å². The summed E-state index contributed by atoms with van der Waals surface area (Å²) < 4.78 is 10.6. The van der Waals surface area contributed by atoms with E-state index in [-0.39, 0.29) is 18.6 Å². The maximum absolute atomic E-state index is 12.0. The summed E-state index contributed by atoms with van der Waals surface area (Å²) in [5.41, 5.74) is 0.176. The molecule has 140 valence electrons. The average Bonchev–Trinajstić information content (AvgIpc) is 2.46. The summed E-state index contributed by atoms with van der Waals surface area (Å²) in [7, 11) is 0. The van der Waals surface area contributed by atoms with Crippen LogP contribution in [0.2, 0.25) is 0 Å². The van der Waals surface area contributed by atoms with E-state index in [1.54, 1.807) is 32.9 Å². The van der Waals surface area contributed by atoms with E-state index in [0.29, 0.717) is 18.8 Å². The predicted molar refractivity (Wildman–Crippen MR) is 93.0 cm³/mol. The van der Waals surface area contributed by atoms with E-state index < -0.39 is 23.7 Å². The average molecular weight is 353 g/mol. The first-order chi connectivity index (χ1) is 11.6. The highest BCUT2D eigenvalue weighted by Crippen LogP contribution is 2.27. The van der Waals surface area contributed by atoms with Crippen molar-refractivity contribution < 1.29 is 29.3 Å². The van der Waals surface area contributed by atoms with E-state index in [1.807, 2.05) is 6.92 Å². The first-order valence-corrected chi connectivity index (χ1v) is 8.26. The summed E-state index contributed by atoms with van der Waals surface area (Å²) in [6, 6.07) is 4.50. The number of carbonyl (C=O) groups is 2. The maximum atomic E-state index is 12.0. The van der Waals surface area contributed by atoms with Crippen molar-refractivity contribution in [2.24, 2.45) is 0 Å². The van der Waals surface area contributed by atoms with Gasteiger partial charge in [0.05, 0.1) is 6.61 Å². The Morgan fingerprint density at radius 1 is 1.28 bits per heavy atom. The van der Waals surface area contributed by atoms with Crippen LogP contribution in [0.1, 0.15) is 46.1 Å². The standard InChI is InChI=1S/C18H27NO6/c1-5-24-15-11-12(6-8-14(15)20)10-13(7-9-16(21)22)19-17(23)25-18(2,3)4/h6,8,11,13,20H,5,7,9-10H2,1-4H3,(H,19,23)(H,21,22). The number of phenolic OH excluding ortho intramolecular Hbond substituents is 1. The van der Waals surface area contributed by atoms with Crippen LogP contribution in [0.3, 0.4) is 0 Å². The zero-order valence-electron chi connectivity index (χ0n) is 15.2. The van der Waals surface area contributed by atoms with Gasteiger partial charge in [0.25, 0.3) is 0 Å². The van der Waals surface area contributed by atoms with Crippen LogP contribution >= 0.6 is 0 Å². The van der Waals surface area contributed by atoms with Crippen molar-refractivity contribution in [3.05, 3.63) is 23.8 Å². The summed E-state index contributed by atoms with van der Waals surface area (Å²) in [6.07, 6.45) is -0.00455. The van der Waals surface area contributed by atoms with Crippen LogP contribution in [0.5, 0.6) is 11.5 Å². The van der Waals surface area contributed by atoms with Crippen LogP contribution < -0.4 is 10.1 Å². The van der Waals surface area contributed by atoms with E-state index in [1.165, 1.54) is 6.07 Å². The number of hydrogen-bond acceptors (Lipinski definition) is 5. The second-order valence-electron chi connectivity index (χ2n) is 6.71. The molecule has 1 aromatic carbocycles. The zero-order valence-corrected chi connectivity index (χ0v) is 15.2. The highest BCUT2D eigenvalue weighted by Gasteiger charge is 2.21. The lowest BCUT2D eigenvalue weighted by Crippen LogP contribution is -2.40. The minimum Gasteiger partial charge on any atom is -0.504 e. The van der Waals surface area contributed by atoms with Gasteiger partial charge in [0, 0.05) is 12.5 Å². The van der Waals surface area contributed by atoms with Gasteiger partial charge in [-0.1, -0.05) is 6.07 Å². The number of rotatable bonds is 8. The quantitative estimate of drug-likeness (QED) is 0.663. The van der Waals surface area contributed by atoms with Gasteiger partial charge >= 0.3 is 12.1 Å². The zero-order chi connectivity index (χ0) is 19.0. The van der Waals surface area contributed by atoms with Gasteiger partial charge in [-0.3, -0.25) is 4.79 Å². The number of carboxylic acid groups (broad SMARTS) is 1. The van der Waals surface area contributed by atoms with Crippen molar-refractivity contribution in [3.8, 4) is 11.5 Å². The van der Waals surface area contributed by atoms with Crippen molar-refractivity contribution in [2.75, 3.05) is 6.61 Å². The maximum Gasteiger partial charge on any atom is 0.407 e. The smallest absolute Gasteiger partial charge is 0.407 e. The first kappa shape index (κ1) is 20.6. The summed E-state index contributed by atoms with van der Waals surface area (Å²) in [4.78, 5) is 22.8. The molecule has 25 heavy (non-hydrogen) atoms. The normalized spacial score (nSPS) is 12.3. The number of carbonyl (C=O) groups excluding carboxylic acids is 1. The third-order valence-corrected chi connectivity index (χ3v) is 3.23. The minimum atomic E-state index is -0.934. The fourth-order valence-corrected chi connectivity index (χ4v) is 2.24. The van der Waals surface area contributed by atoms with Crippen LogP contribution in [0.4, 0.5) is 4.79 Å². The number of carboxylic acids is 1. The molecule has 1 aromatic rings. The number of amides is 1. The fraction of sp³-hybridized carbons (Fsp3) is 0.556. The first-order valence-electron chi connectivity index (χ1n) is 8.26. The van der Waals surface area contributed by atoms with E-state index in [2.05, 4.69) is 5.32 Å². The second kappa shape index (κ2) is 9.15. The molecule has 0 heterocycles. The Bertz CT molecular complexity index is 594. The monoisotopic (exact) mass is 353 g/mol. The van der Waals surface area contributed by atoms with E-state index in [0.717, 1.165) is 5.56 Å². The number of aromatic hydroxyl groups is 1. The van der Waals surface area contributed by atoms with E-state index in [4.69, 9.17) is 14.6 Å². The Morgan fingerprint density at radius 2 is 1.96 bits per heavy atom. The van der Waals surface area contributed by atoms with Crippen molar-refractivity contribution >= 4 is 12.1 Å². The molecular weight excluding hydrogens is 326 g/mol. The van der Waals surface area contributed by atoms with Crippen molar-refractivity contribution in [1.29, 1.82) is 0 Å². The number of ether oxygens (including phenoxy) is 2. The highest BCUT2D eigenvalue weighted by molar-refractivity contribution is 5.69. The lowest BCUT2D eigenvalue weighted by atomic mass is 10.0. The highest BCUT2D eigenvalue weighted by atomic mass is 16.6. The number of nitrogens with one attached hydrogen (secondary N) is 1. The molecule has 0 radical (unpaired) electrons. The van der Waals surface area contributed by atoms with Crippen molar-refractivity contribution in [2.45, 2.75) is 58.6 Å². The third-order valence-electron chi connectivity index (χ3n) is 3.23. The van der Waals surface area contributed by atoms with Crippen molar-refractivity contribution in [3.63, 3.8) is 0 Å². The molecule has 1 unspecified atom stereocenters. The van der Waals surface area contributed by atoms with Crippen LogP contribution in [0.15, 0.2) is 18.2 Å². The van der Waals surface area contributed by atoms with Gasteiger partial charge in [0.2, 0.25) is 0 Å². The molecule has 1 rings (SSSR count). The van der Waals surface area contributed by atoms with E-state index >= 15 is 0 Å². The number of aliphatic carboxylic acids is 1. The molecule has 0 saturated carbocycles. The molecule has 0 aliphatic rings. The molecule has 0 aliphatic carbocycles. The van der Waals surface area contributed by atoms with Gasteiger partial charge < -0.3 is 25.0 Å². The van der Waals surface area contributed by atoms with Gasteiger partial charge in [-0.05, 0) is 58.2 Å². The lowest BCUT2D eigenvalue weighted by molar-refractivity contribution is -0.137. The Morgan fingerprint density at radius 3 is 2.52 bits per heavy atom. The molecule has 0 saturated heterocycles. The largest absolute Gasteiger partial charge is 0.504 e. The molecular formula is C18H27NO6. The summed E-state index contributed by atoms with van der Waals surface area (Å²) >= 11 is 0. The minimum absolute atomic E-state index is 0.0350. The molecule has 1 amide bonds. The summed E-state index contributed by atoms with van der Waals surface area (Å²) in [5.74, 6) is -0.543. The molecule has 0 aliphatic heterocycles. The van der Waals surface area contributed by atoms with Gasteiger partial charge in [0.15, 0.2) is 11.5 Å². The number of phenols is 1. The van der Waals surface area contributed by atoms with Crippen LogP contribution in [-0.2, 0) is 16.0 Å². The predicted octanol–water partition coefficient (Wildman–Crippen LogP) is 3.09. The summed E-state index contributed by atoms with van der Waals surface area (Å²) in [5, 5.41) is 21.4. The van der Waals surface area contributed by atoms with E-state index in [9.17, 15) is 14.7 Å². The molecule has 0 aromatic heterocycles. The Labute approximate surface area is 147 Å². The van der Waals surface area contributed by atoms with Crippen LogP contribution in [0, 0.1) is 0 Å². The van der Waals surface area contributed by atoms with Gasteiger partial charge in [-0.15, -0.1) is 0 Å². The molecule has 0 fully saturated rings. The topological polar surface area (TPSA) is 105 Å². The van der Waals surface area contributed by atoms with Crippen molar-refractivity contribution in [1.82, 2.24) is 5.32 Å². The SMILES string of the molecule is CCOc1cc(CC(CCC(=O)O)NC(=O)OC(C)(C)C)ccc1O. The molecule has 1 atom stereocenters. The number of benzene rings is 1. The summed E-state index contributed by atoms with van der Waals surface area (Å²) in [6.45, 7) is 7.50. The third kappa shape index (κ3) is 8.28. The molecule has 0 bridgehead atoms. The molecule has 0 spiro atoms. The lowest BCUT2D eigenvalue weighted by Gasteiger charge is -2.23. The molecule has 7 heteroatoms.